The highest BCUT2D eigenvalue weighted by molar-refractivity contribution is 5.43. The van der Waals surface area contributed by atoms with E-state index in [9.17, 15) is 5.11 Å². The van der Waals surface area contributed by atoms with E-state index >= 15 is 0 Å². The van der Waals surface area contributed by atoms with Gasteiger partial charge in [-0.3, -0.25) is 0 Å². The first-order valence-corrected chi connectivity index (χ1v) is 6.63. The average molecular weight is 234 g/mol. The Bertz CT molecular complexity index is 354. The maximum absolute atomic E-state index is 9.83. The predicted molar refractivity (Wildman–Crippen MR) is 74.6 cm³/mol. The molecule has 1 unspecified atom stereocenters. The Morgan fingerprint density at radius 2 is 1.47 bits per heavy atom. The number of benzene rings is 1. The summed E-state index contributed by atoms with van der Waals surface area (Å²) in [6, 6.07) is 4.30. The molecule has 0 saturated heterocycles. The lowest BCUT2D eigenvalue weighted by molar-refractivity contribution is 0.406. The van der Waals surface area contributed by atoms with Gasteiger partial charge in [-0.15, -0.1) is 0 Å². The van der Waals surface area contributed by atoms with Gasteiger partial charge in [0.15, 0.2) is 0 Å². The Hall–Kier alpha value is -0.980. The molecule has 1 atom stereocenters. The summed E-state index contributed by atoms with van der Waals surface area (Å²) in [5, 5.41) is 9.83. The fourth-order valence-electron chi connectivity index (χ4n) is 2.50. The third kappa shape index (κ3) is 3.49. The van der Waals surface area contributed by atoms with E-state index in [-0.39, 0.29) is 0 Å². The second-order valence-corrected chi connectivity index (χ2v) is 5.98. The van der Waals surface area contributed by atoms with Gasteiger partial charge in [-0.2, -0.15) is 0 Å². The summed E-state index contributed by atoms with van der Waals surface area (Å²) in [5.41, 5.74) is 3.37. The molecule has 0 radical (unpaired) electrons. The van der Waals surface area contributed by atoms with Crippen molar-refractivity contribution >= 4 is 0 Å². The summed E-state index contributed by atoms with van der Waals surface area (Å²) in [5.74, 6) is 2.38. The molecule has 1 rings (SSSR count). The normalized spacial score (nSPS) is 13.4. The van der Waals surface area contributed by atoms with Gasteiger partial charge in [0, 0.05) is 0 Å². The van der Waals surface area contributed by atoms with Crippen molar-refractivity contribution < 1.29 is 5.11 Å². The third-order valence-electron chi connectivity index (χ3n) is 3.47. The van der Waals surface area contributed by atoms with Crippen molar-refractivity contribution in [2.75, 3.05) is 0 Å². The molecule has 17 heavy (non-hydrogen) atoms. The number of phenolic OH excluding ortho intramolecular Hbond substituents is 1. The fraction of sp³-hybridized carbons (Fsp3) is 0.625. The second kappa shape index (κ2) is 5.57. The first kappa shape index (κ1) is 14.1. The number of hydrogen-bond donors (Lipinski definition) is 1. The van der Waals surface area contributed by atoms with E-state index in [1.165, 1.54) is 12.0 Å². The van der Waals surface area contributed by atoms with Gasteiger partial charge in [0.05, 0.1) is 0 Å². The Labute approximate surface area is 106 Å². The van der Waals surface area contributed by atoms with E-state index in [4.69, 9.17) is 0 Å². The molecule has 0 aliphatic heterocycles. The van der Waals surface area contributed by atoms with Gasteiger partial charge < -0.3 is 5.11 Å². The highest BCUT2D eigenvalue weighted by Crippen LogP contribution is 2.34. The van der Waals surface area contributed by atoms with Crippen molar-refractivity contribution in [3.8, 4) is 5.75 Å². The molecule has 1 aromatic rings. The van der Waals surface area contributed by atoms with E-state index in [1.54, 1.807) is 0 Å². The van der Waals surface area contributed by atoms with E-state index in [0.717, 1.165) is 11.1 Å². The summed E-state index contributed by atoms with van der Waals surface area (Å²) < 4.78 is 0. The molecule has 0 heterocycles. The van der Waals surface area contributed by atoms with Crippen molar-refractivity contribution in [1.29, 1.82) is 0 Å². The molecule has 0 saturated carbocycles. The largest absolute Gasteiger partial charge is 0.507 e. The lowest BCUT2D eigenvalue weighted by atomic mass is 9.81. The van der Waals surface area contributed by atoms with Crippen molar-refractivity contribution in [3.05, 3.63) is 28.8 Å². The molecular weight excluding hydrogens is 208 g/mol. The SMILES string of the molecule is Cc1cc(C(CC(C)C)C(C)C)cc(C)c1O. The fourth-order valence-corrected chi connectivity index (χ4v) is 2.50. The molecule has 0 amide bonds. The van der Waals surface area contributed by atoms with Gasteiger partial charge in [0.1, 0.15) is 5.75 Å². The van der Waals surface area contributed by atoms with Crippen LogP contribution in [0.4, 0.5) is 0 Å². The number of aromatic hydroxyl groups is 1. The van der Waals surface area contributed by atoms with Crippen LogP contribution in [0, 0.1) is 25.7 Å². The number of hydrogen-bond acceptors (Lipinski definition) is 1. The summed E-state index contributed by atoms with van der Waals surface area (Å²) >= 11 is 0. The van der Waals surface area contributed by atoms with Gasteiger partial charge >= 0.3 is 0 Å². The molecule has 1 N–H and O–H groups in total. The predicted octanol–water partition coefficient (Wildman–Crippen LogP) is 4.79. The zero-order valence-corrected chi connectivity index (χ0v) is 12.0. The first-order valence-electron chi connectivity index (χ1n) is 6.63. The summed E-state index contributed by atoms with van der Waals surface area (Å²) in [7, 11) is 0. The summed E-state index contributed by atoms with van der Waals surface area (Å²) in [4.78, 5) is 0. The molecule has 1 nitrogen and oxygen atoms in total. The van der Waals surface area contributed by atoms with E-state index < -0.39 is 0 Å². The van der Waals surface area contributed by atoms with Crippen LogP contribution >= 0.6 is 0 Å². The molecule has 0 aliphatic rings. The monoisotopic (exact) mass is 234 g/mol. The van der Waals surface area contributed by atoms with Gasteiger partial charge in [-0.05, 0) is 54.7 Å². The standard InChI is InChI=1S/C16H26O/c1-10(2)7-15(11(3)4)14-8-12(5)16(17)13(6)9-14/h8-11,15,17H,7H2,1-6H3. The van der Waals surface area contributed by atoms with Gasteiger partial charge in [0.25, 0.3) is 0 Å². The van der Waals surface area contributed by atoms with Gasteiger partial charge in [0.2, 0.25) is 0 Å². The van der Waals surface area contributed by atoms with Crippen LogP contribution in [-0.2, 0) is 0 Å². The van der Waals surface area contributed by atoms with Gasteiger partial charge in [-0.1, -0.05) is 39.8 Å². The zero-order valence-electron chi connectivity index (χ0n) is 12.0. The van der Waals surface area contributed by atoms with Crippen LogP contribution in [0.3, 0.4) is 0 Å². The van der Waals surface area contributed by atoms with Crippen LogP contribution in [-0.4, -0.2) is 5.11 Å². The molecule has 96 valence electrons. The molecule has 1 heteroatoms. The smallest absolute Gasteiger partial charge is 0.121 e. The topological polar surface area (TPSA) is 20.2 Å². The van der Waals surface area contributed by atoms with Crippen molar-refractivity contribution in [1.82, 2.24) is 0 Å². The maximum atomic E-state index is 9.83. The van der Waals surface area contributed by atoms with E-state index in [0.29, 0.717) is 23.5 Å². The van der Waals surface area contributed by atoms with Crippen LogP contribution < -0.4 is 0 Å². The van der Waals surface area contributed by atoms with Gasteiger partial charge in [-0.25, -0.2) is 0 Å². The summed E-state index contributed by atoms with van der Waals surface area (Å²) in [6.45, 7) is 13.1. The van der Waals surface area contributed by atoms with E-state index in [1.807, 2.05) is 13.8 Å². The van der Waals surface area contributed by atoms with Crippen LogP contribution in [0.2, 0.25) is 0 Å². The average Bonchev–Trinajstić information content (AvgIpc) is 2.21. The quantitative estimate of drug-likeness (QED) is 0.793. The highest BCUT2D eigenvalue weighted by Gasteiger charge is 2.18. The Morgan fingerprint density at radius 3 is 1.82 bits per heavy atom. The zero-order chi connectivity index (χ0) is 13.2. The third-order valence-corrected chi connectivity index (χ3v) is 3.47. The van der Waals surface area contributed by atoms with Crippen LogP contribution in [0.15, 0.2) is 12.1 Å². The maximum Gasteiger partial charge on any atom is 0.121 e. The molecule has 0 aromatic heterocycles. The van der Waals surface area contributed by atoms with Crippen molar-refractivity contribution in [3.63, 3.8) is 0 Å². The summed E-state index contributed by atoms with van der Waals surface area (Å²) in [6.07, 6.45) is 1.21. The molecule has 0 aliphatic carbocycles. The van der Waals surface area contributed by atoms with E-state index in [2.05, 4.69) is 39.8 Å². The second-order valence-electron chi connectivity index (χ2n) is 5.98. The van der Waals surface area contributed by atoms with Crippen LogP contribution in [0.25, 0.3) is 0 Å². The molecule has 0 bridgehead atoms. The Kier molecular flexibility index (Phi) is 4.62. The molecule has 0 fully saturated rings. The Morgan fingerprint density at radius 1 is 1.00 bits per heavy atom. The molecular formula is C16H26O. The highest BCUT2D eigenvalue weighted by atomic mass is 16.3. The lowest BCUT2D eigenvalue weighted by Gasteiger charge is -2.24. The number of aryl methyl sites for hydroxylation is 2. The van der Waals surface area contributed by atoms with Crippen LogP contribution in [0.1, 0.15) is 56.7 Å². The van der Waals surface area contributed by atoms with Crippen LogP contribution in [0.5, 0.6) is 5.75 Å². The molecule has 1 aromatic carbocycles. The molecule has 0 spiro atoms. The number of phenols is 1. The Balaban J connectivity index is 3.10. The number of rotatable bonds is 4. The van der Waals surface area contributed by atoms with Crippen molar-refractivity contribution in [2.24, 2.45) is 11.8 Å². The lowest BCUT2D eigenvalue weighted by Crippen LogP contribution is -2.10. The first-order chi connectivity index (χ1) is 7.82. The minimum Gasteiger partial charge on any atom is -0.507 e. The minimum absolute atomic E-state index is 0.445. The van der Waals surface area contributed by atoms with Crippen molar-refractivity contribution in [2.45, 2.75) is 53.9 Å². The minimum atomic E-state index is 0.445.